The molecular weight excluding hydrogens is 625 g/mol. The van der Waals surface area contributed by atoms with Gasteiger partial charge in [0.15, 0.2) is 16.2 Å². The van der Waals surface area contributed by atoms with Crippen LogP contribution < -0.4 is 0 Å². The molecule has 1 aliphatic heterocycles. The Balaban J connectivity index is 1.97. The maximum Gasteiger partial charge on any atom is 0.160 e. The molecule has 1 fully saturated rings. The van der Waals surface area contributed by atoms with E-state index in [2.05, 4.69) is 13.8 Å². The van der Waals surface area contributed by atoms with E-state index in [9.17, 15) is 10.2 Å². The standard InChI is InChI=1S/C40H76O5S2/c1-3-5-7-9-11-13-15-17-19-21-23-25-27-29-31-37(46)43-33-35(41)40-39(42)36(34-44-40)45-38(47)32-30-28-26-24-22-20-18-16-14-12-10-8-6-4-2/h35-36,39-42H,3-34H2,1-2H3/t35-,36+,39-,40-/m1/s1. The van der Waals surface area contributed by atoms with Crippen LogP contribution in [0.25, 0.3) is 0 Å². The molecule has 1 saturated heterocycles. The van der Waals surface area contributed by atoms with Crippen LogP contribution in [0.4, 0.5) is 0 Å². The first-order valence-corrected chi connectivity index (χ1v) is 21.1. The number of ether oxygens (including phenoxy) is 3. The maximum absolute atomic E-state index is 10.7. The highest BCUT2D eigenvalue weighted by Crippen LogP contribution is 2.22. The van der Waals surface area contributed by atoms with Crippen molar-refractivity contribution in [3.05, 3.63) is 0 Å². The molecule has 0 aliphatic carbocycles. The van der Waals surface area contributed by atoms with Gasteiger partial charge in [0.2, 0.25) is 0 Å². The van der Waals surface area contributed by atoms with Crippen molar-refractivity contribution in [2.24, 2.45) is 0 Å². The summed E-state index contributed by atoms with van der Waals surface area (Å²) in [7, 11) is 0. The molecule has 4 atom stereocenters. The van der Waals surface area contributed by atoms with Gasteiger partial charge in [0.1, 0.15) is 24.9 Å². The average molecular weight is 701 g/mol. The smallest absolute Gasteiger partial charge is 0.160 e. The zero-order valence-electron chi connectivity index (χ0n) is 30.9. The van der Waals surface area contributed by atoms with Crippen molar-refractivity contribution >= 4 is 34.5 Å². The molecule has 7 heteroatoms. The molecule has 2 N–H and O–H groups in total. The molecule has 0 aromatic carbocycles. The Bertz CT molecular complexity index is 721. The molecule has 1 heterocycles. The SMILES string of the molecule is CCCCCCCCCCCCCCCCC(=S)OC[C@@H](O)[C@H]1OC[C@H](OC(=S)CCCCCCCCCCCCCCCC)[C@H]1O. The number of aliphatic hydroxyl groups is 2. The fourth-order valence-electron chi connectivity index (χ4n) is 6.56. The van der Waals surface area contributed by atoms with Gasteiger partial charge in [0, 0.05) is 12.8 Å². The van der Waals surface area contributed by atoms with Crippen LogP contribution in [0, 0.1) is 0 Å². The van der Waals surface area contributed by atoms with Crippen molar-refractivity contribution in [2.75, 3.05) is 13.2 Å². The molecule has 47 heavy (non-hydrogen) atoms. The minimum atomic E-state index is -0.966. The first-order valence-electron chi connectivity index (χ1n) is 20.3. The first-order chi connectivity index (χ1) is 23.0. The Morgan fingerprint density at radius 1 is 0.574 bits per heavy atom. The fourth-order valence-corrected chi connectivity index (χ4v) is 7.04. The van der Waals surface area contributed by atoms with Gasteiger partial charge in [-0.25, -0.2) is 0 Å². The van der Waals surface area contributed by atoms with E-state index in [0.717, 1.165) is 38.5 Å². The van der Waals surface area contributed by atoms with Crippen molar-refractivity contribution in [1.82, 2.24) is 0 Å². The van der Waals surface area contributed by atoms with Crippen LogP contribution >= 0.6 is 24.4 Å². The lowest BCUT2D eigenvalue weighted by Gasteiger charge is -2.23. The second kappa shape index (κ2) is 32.8. The maximum atomic E-state index is 10.7. The quantitative estimate of drug-likeness (QED) is 0.0511. The van der Waals surface area contributed by atoms with E-state index in [-0.39, 0.29) is 13.2 Å². The Hall–Kier alpha value is -0.340. The monoisotopic (exact) mass is 701 g/mol. The summed E-state index contributed by atoms with van der Waals surface area (Å²) in [6.07, 6.45) is 35.3. The van der Waals surface area contributed by atoms with Gasteiger partial charge in [-0.2, -0.15) is 0 Å². The van der Waals surface area contributed by atoms with Gasteiger partial charge in [0.05, 0.1) is 6.61 Å². The molecule has 0 unspecified atom stereocenters. The fraction of sp³-hybridized carbons (Fsp3) is 0.950. The highest BCUT2D eigenvalue weighted by molar-refractivity contribution is 7.80. The number of rotatable bonds is 34. The van der Waals surface area contributed by atoms with Crippen LogP contribution in [0.5, 0.6) is 0 Å². The zero-order valence-corrected chi connectivity index (χ0v) is 32.5. The molecule has 1 rings (SSSR count). The minimum Gasteiger partial charge on any atom is -0.484 e. The summed E-state index contributed by atoms with van der Waals surface area (Å²) in [5.74, 6) is 0. The number of hydrogen-bond acceptors (Lipinski definition) is 7. The molecule has 0 aromatic heterocycles. The van der Waals surface area contributed by atoms with Gasteiger partial charge in [-0.05, 0) is 37.3 Å². The van der Waals surface area contributed by atoms with Crippen LogP contribution in [0.1, 0.15) is 206 Å². The summed E-state index contributed by atoms with van der Waals surface area (Å²) in [5, 5.41) is 22.4. The van der Waals surface area contributed by atoms with Crippen LogP contribution in [0.15, 0.2) is 0 Å². The summed E-state index contributed by atoms with van der Waals surface area (Å²) in [5.41, 5.74) is 0. The third kappa shape index (κ3) is 26.2. The summed E-state index contributed by atoms with van der Waals surface area (Å²) in [4.78, 5) is 0. The Morgan fingerprint density at radius 3 is 1.30 bits per heavy atom. The number of aliphatic hydroxyl groups excluding tert-OH is 2. The molecule has 0 bridgehead atoms. The molecule has 278 valence electrons. The molecule has 0 spiro atoms. The van der Waals surface area contributed by atoms with Crippen molar-refractivity contribution in [2.45, 2.75) is 231 Å². The van der Waals surface area contributed by atoms with Gasteiger partial charge < -0.3 is 24.4 Å². The molecule has 0 aromatic rings. The van der Waals surface area contributed by atoms with Crippen LogP contribution in [-0.2, 0) is 14.2 Å². The van der Waals surface area contributed by atoms with Gasteiger partial charge in [-0.3, -0.25) is 0 Å². The van der Waals surface area contributed by atoms with Crippen LogP contribution in [0.2, 0.25) is 0 Å². The lowest BCUT2D eigenvalue weighted by Crippen LogP contribution is -2.42. The summed E-state index contributed by atoms with van der Waals surface area (Å²) < 4.78 is 17.2. The van der Waals surface area contributed by atoms with Crippen molar-refractivity contribution in [3.8, 4) is 0 Å². The molecule has 5 nitrogen and oxygen atoms in total. The van der Waals surface area contributed by atoms with Gasteiger partial charge in [-0.1, -0.05) is 181 Å². The second-order valence-corrected chi connectivity index (χ2v) is 15.2. The van der Waals surface area contributed by atoms with Gasteiger partial charge in [-0.15, -0.1) is 0 Å². The van der Waals surface area contributed by atoms with E-state index in [4.69, 9.17) is 38.6 Å². The Kier molecular flexibility index (Phi) is 31.2. The highest BCUT2D eigenvalue weighted by Gasteiger charge is 2.42. The van der Waals surface area contributed by atoms with Gasteiger partial charge in [0.25, 0.3) is 0 Å². The van der Waals surface area contributed by atoms with E-state index in [1.54, 1.807) is 0 Å². The molecule has 0 saturated carbocycles. The van der Waals surface area contributed by atoms with Crippen molar-refractivity contribution in [3.63, 3.8) is 0 Å². The highest BCUT2D eigenvalue weighted by atomic mass is 32.1. The van der Waals surface area contributed by atoms with E-state index in [1.165, 1.54) is 154 Å². The Morgan fingerprint density at radius 2 is 0.915 bits per heavy atom. The number of hydrogen-bond donors (Lipinski definition) is 2. The lowest BCUT2D eigenvalue weighted by atomic mass is 10.0. The van der Waals surface area contributed by atoms with E-state index in [1.807, 2.05) is 0 Å². The summed E-state index contributed by atoms with van der Waals surface area (Å²) in [6, 6.07) is 0. The zero-order chi connectivity index (χ0) is 34.2. The largest absolute Gasteiger partial charge is 0.484 e. The van der Waals surface area contributed by atoms with E-state index < -0.39 is 24.4 Å². The minimum absolute atomic E-state index is 0.0232. The van der Waals surface area contributed by atoms with E-state index in [0.29, 0.717) is 10.1 Å². The van der Waals surface area contributed by atoms with E-state index >= 15 is 0 Å². The molecule has 0 amide bonds. The summed E-state index contributed by atoms with van der Waals surface area (Å²) in [6.45, 7) is 4.79. The number of unbranched alkanes of at least 4 members (excludes halogenated alkanes) is 26. The first kappa shape index (κ1) is 44.7. The lowest BCUT2D eigenvalue weighted by molar-refractivity contribution is -0.0657. The number of thiocarbonyl (C=S) groups is 2. The third-order valence-corrected chi connectivity index (χ3v) is 10.3. The normalized spacial score (nSPS) is 18.4. The summed E-state index contributed by atoms with van der Waals surface area (Å²) >= 11 is 10.8. The molecule has 0 radical (unpaired) electrons. The molecular formula is C40H76O5S2. The van der Waals surface area contributed by atoms with Gasteiger partial charge >= 0.3 is 0 Å². The molecule has 1 aliphatic rings. The van der Waals surface area contributed by atoms with Crippen LogP contribution in [0.3, 0.4) is 0 Å². The topological polar surface area (TPSA) is 68.2 Å². The third-order valence-electron chi connectivity index (χ3n) is 9.72. The Labute approximate surface area is 302 Å². The average Bonchev–Trinajstić information content (AvgIpc) is 3.43. The van der Waals surface area contributed by atoms with Crippen LogP contribution in [-0.4, -0.2) is 57.9 Å². The van der Waals surface area contributed by atoms with Crippen molar-refractivity contribution in [1.29, 1.82) is 0 Å². The predicted octanol–water partition coefficient (Wildman–Crippen LogP) is 11.9. The van der Waals surface area contributed by atoms with Crippen molar-refractivity contribution < 1.29 is 24.4 Å². The second-order valence-electron chi connectivity index (χ2n) is 14.3. The predicted molar refractivity (Wildman–Crippen MR) is 208 cm³/mol.